The predicted molar refractivity (Wildman–Crippen MR) is 94.5 cm³/mol. The summed E-state index contributed by atoms with van der Waals surface area (Å²) in [6.07, 6.45) is 1.27. The maximum atomic E-state index is 12.4. The summed E-state index contributed by atoms with van der Waals surface area (Å²) in [7, 11) is 7.87. The molecule has 0 N–H and O–H groups in total. The van der Waals surface area contributed by atoms with E-state index in [-0.39, 0.29) is 17.0 Å². The van der Waals surface area contributed by atoms with Crippen molar-refractivity contribution in [2.24, 2.45) is 0 Å². The highest BCUT2D eigenvalue weighted by atomic mass is 79.9. The van der Waals surface area contributed by atoms with E-state index >= 15 is 0 Å². The molecule has 24 heavy (non-hydrogen) atoms. The predicted octanol–water partition coefficient (Wildman–Crippen LogP) is 0.690. The minimum atomic E-state index is -0.442. The molecule has 5 nitrogen and oxygen atoms in total. The number of carbonyl (C=O) groups excluding carboxylic acids is 1. The first-order valence-electron chi connectivity index (χ1n) is 7.22. The van der Waals surface area contributed by atoms with Gasteiger partial charge in [-0.2, -0.15) is 0 Å². The molecule has 0 fully saturated rings. The number of benzene rings is 1. The first-order valence-corrected chi connectivity index (χ1v) is 8.01. The Kier molecular flexibility index (Phi) is 7.38. The molecule has 1 aromatic heterocycles. The molecular weight excluding hydrogens is 438 g/mol. The molecule has 1 heterocycles. The number of rotatable bonds is 4. The summed E-state index contributed by atoms with van der Waals surface area (Å²) in [6, 6.07) is 11.0. The van der Waals surface area contributed by atoms with E-state index in [0.29, 0.717) is 16.8 Å². The van der Waals surface area contributed by atoms with Gasteiger partial charge < -0.3 is 26.2 Å². The second kappa shape index (κ2) is 8.60. The van der Waals surface area contributed by atoms with E-state index in [1.165, 1.54) is 4.90 Å². The van der Waals surface area contributed by atoms with Crippen LogP contribution in [0.15, 0.2) is 47.1 Å². The highest BCUT2D eigenvalue weighted by molar-refractivity contribution is 9.10. The van der Waals surface area contributed by atoms with Gasteiger partial charge in [0.15, 0.2) is 5.75 Å². The average Bonchev–Trinajstić information content (AvgIpc) is 2.48. The third-order valence-corrected chi connectivity index (χ3v) is 3.69. The largest absolute Gasteiger partial charge is 1.00 e. The van der Waals surface area contributed by atoms with Gasteiger partial charge in [-0.3, -0.25) is 9.88 Å². The van der Waals surface area contributed by atoms with Crippen molar-refractivity contribution < 1.29 is 31.0 Å². The van der Waals surface area contributed by atoms with E-state index in [9.17, 15) is 4.79 Å². The smallest absolute Gasteiger partial charge is 0.419 e. The van der Waals surface area contributed by atoms with Crippen LogP contribution in [0.3, 0.4) is 0 Å². The Morgan fingerprint density at radius 1 is 1.21 bits per heavy atom. The highest BCUT2D eigenvalue weighted by Crippen LogP contribution is 2.22. The topological polar surface area (TPSA) is 42.4 Å². The molecule has 0 aliphatic carbocycles. The van der Waals surface area contributed by atoms with Crippen molar-refractivity contribution in [1.29, 1.82) is 0 Å². The summed E-state index contributed by atoms with van der Waals surface area (Å²) in [6.45, 7) is 0.672. The lowest BCUT2D eigenvalue weighted by atomic mass is 10.3. The average molecular weight is 459 g/mol. The Balaban J connectivity index is 0.00000288. The van der Waals surface area contributed by atoms with Gasteiger partial charge in [-0.1, -0.05) is 15.9 Å². The van der Waals surface area contributed by atoms with Crippen LogP contribution in [-0.4, -0.2) is 43.8 Å². The zero-order valence-electron chi connectivity index (χ0n) is 14.2. The van der Waals surface area contributed by atoms with Crippen molar-refractivity contribution in [3.05, 3.63) is 52.8 Å². The molecule has 7 heteroatoms. The molecule has 0 atom stereocenters. The van der Waals surface area contributed by atoms with E-state index in [1.54, 1.807) is 25.4 Å². The quantitative estimate of drug-likeness (QED) is 0.633. The first kappa shape index (κ1) is 20.6. The Hall–Kier alpha value is -1.44. The van der Waals surface area contributed by atoms with E-state index in [0.717, 1.165) is 15.9 Å². The normalized spacial score (nSPS) is 10.7. The lowest BCUT2D eigenvalue weighted by molar-refractivity contribution is -0.884. The Morgan fingerprint density at radius 2 is 1.83 bits per heavy atom. The van der Waals surface area contributed by atoms with Gasteiger partial charge in [0, 0.05) is 23.4 Å². The van der Waals surface area contributed by atoms with Gasteiger partial charge >= 0.3 is 6.09 Å². The number of halogens is 2. The molecule has 0 saturated heterocycles. The van der Waals surface area contributed by atoms with Gasteiger partial charge in [-0.05, 0) is 36.4 Å². The standard InChI is InChI=1S/C17H21BrN3O2.BrH/c1-20(14-9-7-13(18)8-10-14)17(22)23-16-6-5-11-19-15(16)12-21(2,3)4;/h5-11H,12H2,1-4H3;1H/q+1;/p-1. The van der Waals surface area contributed by atoms with Crippen molar-refractivity contribution in [2.45, 2.75) is 6.54 Å². The summed E-state index contributed by atoms with van der Waals surface area (Å²) in [5.41, 5.74) is 1.52. The minimum Gasteiger partial charge on any atom is -1.00 e. The Labute approximate surface area is 161 Å². The van der Waals surface area contributed by atoms with Crippen molar-refractivity contribution in [2.75, 3.05) is 33.1 Å². The minimum absolute atomic E-state index is 0. The maximum absolute atomic E-state index is 12.4. The van der Waals surface area contributed by atoms with E-state index < -0.39 is 6.09 Å². The molecular formula is C17H21Br2N3O2. The van der Waals surface area contributed by atoms with E-state index in [1.807, 2.05) is 24.3 Å². The summed E-state index contributed by atoms with van der Waals surface area (Å²) in [4.78, 5) is 18.2. The van der Waals surface area contributed by atoms with Gasteiger partial charge in [0.25, 0.3) is 0 Å². The number of ether oxygens (including phenoxy) is 1. The summed E-state index contributed by atoms with van der Waals surface area (Å²) in [5.74, 6) is 0.495. The van der Waals surface area contributed by atoms with Crippen LogP contribution in [0, 0.1) is 0 Å². The van der Waals surface area contributed by atoms with Gasteiger partial charge in [-0.25, -0.2) is 4.79 Å². The van der Waals surface area contributed by atoms with Crippen molar-refractivity contribution in [3.63, 3.8) is 0 Å². The van der Waals surface area contributed by atoms with Gasteiger partial charge in [0.05, 0.1) is 21.1 Å². The highest BCUT2D eigenvalue weighted by Gasteiger charge is 2.19. The van der Waals surface area contributed by atoms with Gasteiger partial charge in [0.2, 0.25) is 0 Å². The molecule has 0 unspecified atom stereocenters. The zero-order chi connectivity index (χ0) is 17.0. The van der Waals surface area contributed by atoms with Crippen LogP contribution in [-0.2, 0) is 6.54 Å². The van der Waals surface area contributed by atoms with E-state index in [4.69, 9.17) is 4.74 Å². The van der Waals surface area contributed by atoms with Gasteiger partial charge in [-0.15, -0.1) is 0 Å². The number of anilines is 1. The molecule has 2 aromatic rings. The molecule has 0 bridgehead atoms. The molecule has 130 valence electrons. The fourth-order valence-corrected chi connectivity index (χ4v) is 2.28. The number of carbonyl (C=O) groups is 1. The third-order valence-electron chi connectivity index (χ3n) is 3.16. The van der Waals surface area contributed by atoms with Gasteiger partial charge in [0.1, 0.15) is 12.2 Å². The molecule has 0 aliphatic rings. The SMILES string of the molecule is CN(C(=O)Oc1cccnc1C[N+](C)(C)C)c1ccc(Br)cc1.[Br-]. The zero-order valence-corrected chi connectivity index (χ0v) is 17.3. The number of nitrogens with zero attached hydrogens (tertiary/aromatic N) is 3. The summed E-state index contributed by atoms with van der Waals surface area (Å²) in [5, 5.41) is 0. The van der Waals surface area contributed by atoms with Crippen LogP contribution >= 0.6 is 15.9 Å². The van der Waals surface area contributed by atoms with Crippen LogP contribution in [0.2, 0.25) is 0 Å². The number of amides is 1. The molecule has 1 aromatic carbocycles. The van der Waals surface area contributed by atoms with Crippen LogP contribution in [0.4, 0.5) is 10.5 Å². The second-order valence-electron chi connectivity index (χ2n) is 6.30. The molecule has 2 rings (SSSR count). The molecule has 0 saturated carbocycles. The summed E-state index contributed by atoms with van der Waals surface area (Å²) >= 11 is 3.38. The fraction of sp³-hybridized carbons (Fsp3) is 0.294. The number of quaternary nitrogens is 1. The van der Waals surface area contributed by atoms with Crippen LogP contribution in [0.25, 0.3) is 0 Å². The number of hydrogen-bond acceptors (Lipinski definition) is 3. The summed E-state index contributed by atoms with van der Waals surface area (Å²) < 4.78 is 7.20. The molecule has 0 radical (unpaired) electrons. The number of aromatic nitrogens is 1. The van der Waals surface area contributed by atoms with Crippen molar-refractivity contribution in [1.82, 2.24) is 4.98 Å². The maximum Gasteiger partial charge on any atom is 0.419 e. The Bertz CT molecular complexity index is 685. The van der Waals surface area contributed by atoms with Crippen LogP contribution < -0.4 is 26.6 Å². The van der Waals surface area contributed by atoms with Crippen LogP contribution in [0.1, 0.15) is 5.69 Å². The number of pyridine rings is 1. The van der Waals surface area contributed by atoms with Crippen molar-refractivity contribution >= 4 is 27.7 Å². The Morgan fingerprint density at radius 3 is 2.42 bits per heavy atom. The van der Waals surface area contributed by atoms with Crippen LogP contribution in [0.5, 0.6) is 5.75 Å². The second-order valence-corrected chi connectivity index (χ2v) is 7.22. The lowest BCUT2D eigenvalue weighted by Gasteiger charge is -2.24. The van der Waals surface area contributed by atoms with E-state index in [2.05, 4.69) is 42.1 Å². The third kappa shape index (κ3) is 5.89. The van der Waals surface area contributed by atoms with Crippen molar-refractivity contribution in [3.8, 4) is 5.75 Å². The molecule has 0 aliphatic heterocycles. The molecule has 0 spiro atoms. The first-order chi connectivity index (χ1) is 10.8. The fourth-order valence-electron chi connectivity index (χ4n) is 2.02. The monoisotopic (exact) mass is 457 g/mol. The number of hydrogen-bond donors (Lipinski definition) is 0. The molecule has 1 amide bonds. The lowest BCUT2D eigenvalue weighted by Crippen LogP contribution is -3.00.